The number of carbonyl (C=O) groups is 2. The zero-order chi connectivity index (χ0) is 9.16. The van der Waals surface area contributed by atoms with Crippen LogP contribution in [0, 0.1) is 23.7 Å². The number of alkyl halides is 1. The van der Waals surface area contributed by atoms with Crippen molar-refractivity contribution in [1.82, 2.24) is 0 Å². The molecule has 3 heteroatoms. The Kier molecular flexibility index (Phi) is 1.44. The minimum Gasteiger partial charge on any atom is -0.299 e. The summed E-state index contributed by atoms with van der Waals surface area (Å²) in [6.07, 6.45) is 2.28. The van der Waals surface area contributed by atoms with E-state index in [4.69, 9.17) is 11.6 Å². The molecular weight excluding hydrogens is 188 g/mol. The SMILES string of the molecule is O=C1C2CC3C(=O)[C@H](C2)CC1C3Cl. The van der Waals surface area contributed by atoms with Crippen molar-refractivity contribution in [3.05, 3.63) is 0 Å². The largest absolute Gasteiger partial charge is 0.299 e. The fraction of sp³-hybridized carbons (Fsp3) is 0.800. The third kappa shape index (κ3) is 0.850. The Bertz CT molecular complexity index is 271. The highest BCUT2D eigenvalue weighted by Gasteiger charge is 2.56. The normalized spacial score (nSPS) is 53.2. The van der Waals surface area contributed by atoms with Gasteiger partial charge in [0.1, 0.15) is 11.6 Å². The van der Waals surface area contributed by atoms with Crippen LogP contribution < -0.4 is 0 Å². The Balaban J connectivity index is 2.04. The molecule has 4 aliphatic rings. The van der Waals surface area contributed by atoms with E-state index in [1.54, 1.807) is 0 Å². The van der Waals surface area contributed by atoms with Gasteiger partial charge in [0.15, 0.2) is 0 Å². The Hall–Kier alpha value is -0.370. The summed E-state index contributed by atoms with van der Waals surface area (Å²) in [6.45, 7) is 0. The van der Waals surface area contributed by atoms with E-state index >= 15 is 0 Å². The van der Waals surface area contributed by atoms with E-state index in [0.29, 0.717) is 11.6 Å². The van der Waals surface area contributed by atoms with Crippen LogP contribution in [0.15, 0.2) is 0 Å². The molecule has 4 unspecified atom stereocenters. The molecule has 13 heavy (non-hydrogen) atoms. The molecule has 0 N–H and O–H groups in total. The van der Waals surface area contributed by atoms with E-state index in [1.807, 2.05) is 0 Å². The van der Waals surface area contributed by atoms with Gasteiger partial charge in [0.25, 0.3) is 0 Å². The highest BCUT2D eigenvalue weighted by atomic mass is 35.5. The Morgan fingerprint density at radius 3 is 1.85 bits per heavy atom. The van der Waals surface area contributed by atoms with Crippen LogP contribution in [0.4, 0.5) is 0 Å². The van der Waals surface area contributed by atoms with Crippen LogP contribution in [-0.2, 0) is 9.59 Å². The number of ketones is 2. The van der Waals surface area contributed by atoms with Crippen molar-refractivity contribution < 1.29 is 9.59 Å². The number of carbonyl (C=O) groups excluding carboxylic acids is 2. The predicted molar refractivity (Wildman–Crippen MR) is 47.5 cm³/mol. The van der Waals surface area contributed by atoms with Crippen molar-refractivity contribution in [2.75, 3.05) is 0 Å². The topological polar surface area (TPSA) is 34.1 Å². The van der Waals surface area contributed by atoms with Crippen molar-refractivity contribution in [2.24, 2.45) is 23.7 Å². The maximum atomic E-state index is 11.7. The number of hydrogen-bond donors (Lipinski definition) is 0. The van der Waals surface area contributed by atoms with Crippen molar-refractivity contribution >= 4 is 23.2 Å². The molecule has 0 aromatic heterocycles. The van der Waals surface area contributed by atoms with Gasteiger partial charge in [-0.05, 0) is 19.3 Å². The van der Waals surface area contributed by atoms with Crippen LogP contribution >= 0.6 is 11.6 Å². The molecule has 0 aliphatic heterocycles. The lowest BCUT2D eigenvalue weighted by atomic mass is 9.55. The third-order valence-electron chi connectivity index (χ3n) is 3.95. The third-order valence-corrected chi connectivity index (χ3v) is 4.56. The molecule has 0 aromatic carbocycles. The minimum absolute atomic E-state index is 0.00173. The van der Waals surface area contributed by atoms with Crippen molar-refractivity contribution in [3.63, 3.8) is 0 Å². The molecule has 4 fully saturated rings. The lowest BCUT2D eigenvalue weighted by Gasteiger charge is -2.49. The van der Waals surface area contributed by atoms with E-state index in [1.165, 1.54) is 0 Å². The number of rotatable bonds is 0. The Labute approximate surface area is 81.6 Å². The van der Waals surface area contributed by atoms with E-state index in [-0.39, 0.29) is 29.0 Å². The summed E-state index contributed by atoms with van der Waals surface area (Å²) in [7, 11) is 0. The number of Topliss-reactive ketones (excluding diaryl/α,β-unsaturated/α-hetero) is 2. The van der Waals surface area contributed by atoms with Gasteiger partial charge >= 0.3 is 0 Å². The summed E-state index contributed by atoms with van der Waals surface area (Å²) in [5.41, 5.74) is 0. The zero-order valence-corrected chi connectivity index (χ0v) is 7.96. The first-order valence-electron chi connectivity index (χ1n) is 4.90. The summed E-state index contributed by atoms with van der Waals surface area (Å²) >= 11 is 6.12. The van der Waals surface area contributed by atoms with Crippen LogP contribution in [0.25, 0.3) is 0 Å². The van der Waals surface area contributed by atoms with E-state index in [9.17, 15) is 9.59 Å². The molecule has 5 atom stereocenters. The number of halogens is 1. The molecule has 0 heterocycles. The first-order chi connectivity index (χ1) is 6.18. The lowest BCUT2D eigenvalue weighted by Crippen LogP contribution is -2.56. The molecule has 0 aromatic rings. The second-order valence-electron chi connectivity index (χ2n) is 4.56. The van der Waals surface area contributed by atoms with E-state index in [2.05, 4.69) is 0 Å². The van der Waals surface area contributed by atoms with Gasteiger partial charge in [0.05, 0.1) is 5.38 Å². The fourth-order valence-corrected chi connectivity index (χ4v) is 3.76. The van der Waals surface area contributed by atoms with Crippen LogP contribution in [-0.4, -0.2) is 16.9 Å². The summed E-state index contributed by atoms with van der Waals surface area (Å²) < 4.78 is 0. The number of hydrogen-bond acceptors (Lipinski definition) is 2. The molecule has 0 saturated heterocycles. The van der Waals surface area contributed by atoms with Crippen molar-refractivity contribution in [3.8, 4) is 0 Å². The molecule has 0 spiro atoms. The van der Waals surface area contributed by atoms with E-state index < -0.39 is 0 Å². The van der Waals surface area contributed by atoms with Gasteiger partial charge in [-0.3, -0.25) is 9.59 Å². The molecule has 4 aliphatic carbocycles. The van der Waals surface area contributed by atoms with Crippen LogP contribution in [0.1, 0.15) is 19.3 Å². The lowest BCUT2D eigenvalue weighted by molar-refractivity contribution is -0.150. The quantitative estimate of drug-likeness (QED) is 0.552. The van der Waals surface area contributed by atoms with Crippen LogP contribution in [0.2, 0.25) is 0 Å². The van der Waals surface area contributed by atoms with Crippen LogP contribution in [0.3, 0.4) is 0 Å². The average Bonchev–Trinajstić information content (AvgIpc) is 2.10. The molecule has 4 bridgehead atoms. The maximum absolute atomic E-state index is 11.7. The van der Waals surface area contributed by atoms with Gasteiger partial charge < -0.3 is 0 Å². The van der Waals surface area contributed by atoms with Gasteiger partial charge in [0.2, 0.25) is 0 Å². The highest BCUT2D eigenvalue weighted by Crippen LogP contribution is 2.51. The summed E-state index contributed by atoms with van der Waals surface area (Å²) in [6, 6.07) is 0. The second kappa shape index (κ2) is 2.35. The highest BCUT2D eigenvalue weighted by molar-refractivity contribution is 6.25. The average molecular weight is 199 g/mol. The molecule has 0 radical (unpaired) electrons. The fourth-order valence-electron chi connectivity index (χ4n) is 3.31. The minimum atomic E-state index is -0.187. The van der Waals surface area contributed by atoms with Crippen molar-refractivity contribution in [1.29, 1.82) is 0 Å². The van der Waals surface area contributed by atoms with Gasteiger partial charge in [0, 0.05) is 23.7 Å². The Morgan fingerprint density at radius 2 is 1.38 bits per heavy atom. The summed E-state index contributed by atoms with van der Waals surface area (Å²) in [5.74, 6) is 1.01. The summed E-state index contributed by atoms with van der Waals surface area (Å²) in [5, 5.41) is -0.187. The first-order valence-corrected chi connectivity index (χ1v) is 5.33. The van der Waals surface area contributed by atoms with E-state index in [0.717, 1.165) is 19.3 Å². The van der Waals surface area contributed by atoms with Gasteiger partial charge in [-0.1, -0.05) is 0 Å². The van der Waals surface area contributed by atoms with Gasteiger partial charge in [-0.15, -0.1) is 11.6 Å². The molecule has 4 rings (SSSR count). The summed E-state index contributed by atoms with van der Waals surface area (Å²) in [4.78, 5) is 23.4. The Morgan fingerprint density at radius 1 is 0.923 bits per heavy atom. The molecule has 0 amide bonds. The molecule has 2 nitrogen and oxygen atoms in total. The first kappa shape index (κ1) is 7.98. The molecular formula is C10H11ClO2. The van der Waals surface area contributed by atoms with Gasteiger partial charge in [-0.2, -0.15) is 0 Å². The second-order valence-corrected chi connectivity index (χ2v) is 5.07. The predicted octanol–water partition coefficient (Wildman–Crippen LogP) is 1.41. The maximum Gasteiger partial charge on any atom is 0.140 e. The van der Waals surface area contributed by atoms with Crippen molar-refractivity contribution in [2.45, 2.75) is 24.6 Å². The van der Waals surface area contributed by atoms with Crippen LogP contribution in [0.5, 0.6) is 0 Å². The zero-order valence-electron chi connectivity index (χ0n) is 7.20. The smallest absolute Gasteiger partial charge is 0.140 e. The molecule has 70 valence electrons. The molecule has 4 saturated carbocycles. The monoisotopic (exact) mass is 198 g/mol. The standard InChI is InChI=1S/C10H11ClO2/c11-8-6-2-4-1-5(10(6)13)3-7(8)9(4)12/h4-8H,1-3H2/t4-,5?,6?,7?,8?/m1/s1. The van der Waals surface area contributed by atoms with Gasteiger partial charge in [-0.25, -0.2) is 0 Å².